The summed E-state index contributed by atoms with van der Waals surface area (Å²) < 4.78 is 61.7. The smallest absolute Gasteiger partial charge is 0.312 e. The standard InChI is InChI=1S/C12H23F3N2O2S/c1-11(2)5-3-7-16-10(11)9-17-20(18,19)8-4-6-12(13,14)15/h10,16-17H,3-9H2,1-2H3. The van der Waals surface area contributed by atoms with Gasteiger partial charge in [-0.2, -0.15) is 13.2 Å². The highest BCUT2D eigenvalue weighted by Crippen LogP contribution is 2.29. The zero-order chi connectivity index (χ0) is 15.4. The molecule has 4 nitrogen and oxygen atoms in total. The molecule has 0 aromatic heterocycles. The van der Waals surface area contributed by atoms with E-state index in [4.69, 9.17) is 0 Å². The molecule has 2 N–H and O–H groups in total. The molecule has 0 aromatic carbocycles. The molecule has 20 heavy (non-hydrogen) atoms. The van der Waals surface area contributed by atoms with Crippen molar-refractivity contribution in [1.82, 2.24) is 10.0 Å². The SMILES string of the molecule is CC1(C)CCCNC1CNS(=O)(=O)CCCC(F)(F)F. The summed E-state index contributed by atoms with van der Waals surface area (Å²) in [5, 5.41) is 3.26. The first kappa shape index (κ1) is 17.7. The lowest BCUT2D eigenvalue weighted by atomic mass is 9.78. The predicted octanol–water partition coefficient (Wildman–Crippen LogP) is 2.03. The molecule has 1 aliphatic heterocycles. The minimum atomic E-state index is -4.30. The zero-order valence-corrected chi connectivity index (χ0v) is 12.7. The van der Waals surface area contributed by atoms with Gasteiger partial charge in [-0.1, -0.05) is 13.8 Å². The zero-order valence-electron chi connectivity index (χ0n) is 11.9. The van der Waals surface area contributed by atoms with Crippen molar-refractivity contribution in [2.24, 2.45) is 5.41 Å². The molecule has 1 atom stereocenters. The number of nitrogens with one attached hydrogen (secondary N) is 2. The van der Waals surface area contributed by atoms with E-state index in [-0.39, 0.29) is 18.0 Å². The van der Waals surface area contributed by atoms with Gasteiger partial charge in [0.15, 0.2) is 0 Å². The van der Waals surface area contributed by atoms with E-state index in [0.717, 1.165) is 19.4 Å². The molecule has 1 heterocycles. The largest absolute Gasteiger partial charge is 0.389 e. The molecule has 0 saturated carbocycles. The lowest BCUT2D eigenvalue weighted by molar-refractivity contribution is -0.134. The van der Waals surface area contributed by atoms with E-state index >= 15 is 0 Å². The van der Waals surface area contributed by atoms with E-state index in [9.17, 15) is 21.6 Å². The molecule has 1 aliphatic rings. The third-order valence-electron chi connectivity index (χ3n) is 3.71. The van der Waals surface area contributed by atoms with E-state index in [1.807, 2.05) is 0 Å². The summed E-state index contributed by atoms with van der Waals surface area (Å²) in [4.78, 5) is 0. The first-order valence-electron chi connectivity index (χ1n) is 6.79. The third-order valence-corrected chi connectivity index (χ3v) is 5.15. The summed E-state index contributed by atoms with van der Waals surface area (Å²) in [7, 11) is -3.64. The van der Waals surface area contributed by atoms with Crippen LogP contribution in [0, 0.1) is 5.41 Å². The Morgan fingerprint density at radius 1 is 1.35 bits per heavy atom. The summed E-state index contributed by atoms with van der Waals surface area (Å²) in [5.74, 6) is -0.486. The van der Waals surface area contributed by atoms with Gasteiger partial charge in [0.1, 0.15) is 0 Å². The Labute approximate surface area is 118 Å². The van der Waals surface area contributed by atoms with E-state index < -0.39 is 34.8 Å². The van der Waals surface area contributed by atoms with Gasteiger partial charge in [0.2, 0.25) is 10.0 Å². The fraction of sp³-hybridized carbons (Fsp3) is 1.00. The van der Waals surface area contributed by atoms with Crippen molar-refractivity contribution in [2.45, 2.75) is 51.7 Å². The molecule has 0 aromatic rings. The lowest BCUT2D eigenvalue weighted by Gasteiger charge is -2.39. The molecule has 0 radical (unpaired) electrons. The number of halogens is 3. The van der Waals surface area contributed by atoms with Crippen LogP contribution in [0.2, 0.25) is 0 Å². The number of sulfonamides is 1. The first-order chi connectivity index (χ1) is 9.02. The average Bonchev–Trinajstić information content (AvgIpc) is 2.24. The van der Waals surface area contributed by atoms with Gasteiger partial charge in [-0.15, -0.1) is 0 Å². The van der Waals surface area contributed by atoms with Crippen LogP contribution >= 0.6 is 0 Å². The van der Waals surface area contributed by atoms with Crippen molar-refractivity contribution < 1.29 is 21.6 Å². The maximum Gasteiger partial charge on any atom is 0.389 e. The van der Waals surface area contributed by atoms with Gasteiger partial charge in [-0.05, 0) is 31.2 Å². The molecule has 0 bridgehead atoms. The molecule has 1 unspecified atom stereocenters. The monoisotopic (exact) mass is 316 g/mol. The van der Waals surface area contributed by atoms with Crippen molar-refractivity contribution in [3.63, 3.8) is 0 Å². The summed E-state index contributed by atoms with van der Waals surface area (Å²) in [6.07, 6.45) is -3.73. The predicted molar refractivity (Wildman–Crippen MR) is 71.9 cm³/mol. The summed E-state index contributed by atoms with van der Waals surface area (Å²) in [6.45, 7) is 5.18. The molecular formula is C12H23F3N2O2S. The van der Waals surface area contributed by atoms with Crippen LogP contribution in [0.25, 0.3) is 0 Å². The van der Waals surface area contributed by atoms with Crippen LogP contribution in [0.3, 0.4) is 0 Å². The molecule has 8 heteroatoms. The average molecular weight is 316 g/mol. The molecule has 0 spiro atoms. The van der Waals surface area contributed by atoms with Gasteiger partial charge in [0.25, 0.3) is 0 Å². The topological polar surface area (TPSA) is 58.2 Å². The molecule has 0 amide bonds. The molecule has 120 valence electrons. The number of rotatable bonds is 6. The van der Waals surface area contributed by atoms with Crippen molar-refractivity contribution in [1.29, 1.82) is 0 Å². The highest BCUT2D eigenvalue weighted by molar-refractivity contribution is 7.89. The Kier molecular flexibility index (Phi) is 5.86. The second kappa shape index (κ2) is 6.62. The minimum Gasteiger partial charge on any atom is -0.312 e. The van der Waals surface area contributed by atoms with Gasteiger partial charge in [-0.25, -0.2) is 13.1 Å². The molecular weight excluding hydrogens is 293 g/mol. The molecule has 1 fully saturated rings. The van der Waals surface area contributed by atoms with Gasteiger partial charge in [-0.3, -0.25) is 0 Å². The lowest BCUT2D eigenvalue weighted by Crippen LogP contribution is -2.53. The van der Waals surface area contributed by atoms with Crippen LogP contribution in [-0.2, 0) is 10.0 Å². The Bertz CT molecular complexity index is 407. The maximum absolute atomic E-state index is 12.0. The Balaban J connectivity index is 2.39. The normalized spacial score (nSPS) is 23.8. The maximum atomic E-state index is 12.0. The van der Waals surface area contributed by atoms with E-state index in [1.165, 1.54) is 0 Å². The number of hydrogen-bond acceptors (Lipinski definition) is 3. The van der Waals surface area contributed by atoms with Crippen molar-refractivity contribution in [3.05, 3.63) is 0 Å². The second-order valence-corrected chi connectivity index (χ2v) is 7.91. The van der Waals surface area contributed by atoms with Gasteiger partial charge in [0, 0.05) is 19.0 Å². The van der Waals surface area contributed by atoms with Crippen LogP contribution in [0.5, 0.6) is 0 Å². The van der Waals surface area contributed by atoms with E-state index in [1.54, 1.807) is 0 Å². The molecule has 1 saturated heterocycles. The Morgan fingerprint density at radius 2 is 2.00 bits per heavy atom. The van der Waals surface area contributed by atoms with Crippen LogP contribution in [0.1, 0.15) is 39.5 Å². The van der Waals surface area contributed by atoms with Gasteiger partial charge < -0.3 is 5.32 Å². The third kappa shape index (κ3) is 6.41. The number of hydrogen-bond donors (Lipinski definition) is 2. The van der Waals surface area contributed by atoms with Gasteiger partial charge in [0.05, 0.1) is 5.75 Å². The minimum absolute atomic E-state index is 0.00800. The van der Waals surface area contributed by atoms with Gasteiger partial charge >= 0.3 is 6.18 Å². The van der Waals surface area contributed by atoms with E-state index in [2.05, 4.69) is 23.9 Å². The van der Waals surface area contributed by atoms with Crippen LogP contribution in [-0.4, -0.2) is 39.5 Å². The van der Waals surface area contributed by atoms with Crippen LogP contribution in [0.15, 0.2) is 0 Å². The number of piperidine rings is 1. The van der Waals surface area contributed by atoms with Crippen molar-refractivity contribution in [2.75, 3.05) is 18.8 Å². The molecule has 1 rings (SSSR count). The fourth-order valence-corrected chi connectivity index (χ4v) is 3.45. The Morgan fingerprint density at radius 3 is 2.55 bits per heavy atom. The van der Waals surface area contributed by atoms with Crippen molar-refractivity contribution >= 4 is 10.0 Å². The van der Waals surface area contributed by atoms with Crippen molar-refractivity contribution in [3.8, 4) is 0 Å². The van der Waals surface area contributed by atoms with Crippen LogP contribution < -0.4 is 10.0 Å². The summed E-state index contributed by atoms with van der Waals surface area (Å²) in [5.41, 5.74) is -0.0211. The molecule has 0 aliphatic carbocycles. The summed E-state index contributed by atoms with van der Waals surface area (Å²) in [6, 6.07) is 0.00800. The van der Waals surface area contributed by atoms with Crippen LogP contribution in [0.4, 0.5) is 13.2 Å². The highest BCUT2D eigenvalue weighted by atomic mass is 32.2. The quantitative estimate of drug-likeness (QED) is 0.788. The highest BCUT2D eigenvalue weighted by Gasteiger charge is 2.33. The Hall–Kier alpha value is -0.340. The fourth-order valence-electron chi connectivity index (χ4n) is 2.36. The summed E-state index contributed by atoms with van der Waals surface area (Å²) >= 11 is 0. The first-order valence-corrected chi connectivity index (χ1v) is 8.45. The second-order valence-electron chi connectivity index (χ2n) is 5.98. The number of alkyl halides is 3. The van der Waals surface area contributed by atoms with E-state index in [0.29, 0.717) is 0 Å².